The monoisotopic (exact) mass is 244 g/mol. The average Bonchev–Trinajstić information content (AvgIpc) is 2.28. The molecule has 5 heteroatoms. The van der Waals surface area contributed by atoms with Crippen molar-refractivity contribution >= 4 is 11.5 Å². The van der Waals surface area contributed by atoms with Gasteiger partial charge in [-0.3, -0.25) is 0 Å². The summed E-state index contributed by atoms with van der Waals surface area (Å²) in [6.45, 7) is 1.55. The van der Waals surface area contributed by atoms with E-state index in [0.717, 1.165) is 18.2 Å². The van der Waals surface area contributed by atoms with Crippen LogP contribution in [-0.4, -0.2) is 13.1 Å². The molecule has 0 unspecified atom stereocenters. The van der Waals surface area contributed by atoms with E-state index >= 15 is 0 Å². The molecule has 0 aliphatic rings. The molecule has 17 heavy (non-hydrogen) atoms. The van der Waals surface area contributed by atoms with Crippen molar-refractivity contribution in [2.24, 2.45) is 0 Å². The molecule has 0 N–H and O–H groups in total. The summed E-state index contributed by atoms with van der Waals surface area (Å²) >= 11 is 0. The smallest absolute Gasteiger partial charge is 0.416 e. The van der Waals surface area contributed by atoms with Crippen molar-refractivity contribution in [1.82, 2.24) is 0 Å². The molecule has 92 valence electrons. The number of hydrogen-bond donors (Lipinski definition) is 0. The second-order valence-corrected chi connectivity index (χ2v) is 3.43. The summed E-state index contributed by atoms with van der Waals surface area (Å²) in [5.74, 6) is -0.597. The molecule has 1 rings (SSSR count). The van der Waals surface area contributed by atoms with Gasteiger partial charge in [-0.1, -0.05) is 12.1 Å². The molecule has 0 radical (unpaired) electrons. The number of hydrogen-bond acceptors (Lipinski definition) is 2. The maximum Gasteiger partial charge on any atom is 0.416 e. The minimum atomic E-state index is -4.39. The topological polar surface area (TPSA) is 26.3 Å². The number of carbonyl (C=O) groups is 1. The predicted octanol–water partition coefficient (Wildman–Crippen LogP) is 3.28. The van der Waals surface area contributed by atoms with E-state index in [1.54, 1.807) is 6.92 Å². The Labute approximate surface area is 96.7 Å². The van der Waals surface area contributed by atoms with Gasteiger partial charge in [0.15, 0.2) is 0 Å². The number of benzene rings is 1. The zero-order valence-corrected chi connectivity index (χ0v) is 9.34. The highest BCUT2D eigenvalue weighted by molar-refractivity contribution is 5.90. The summed E-state index contributed by atoms with van der Waals surface area (Å²) in [6, 6.07) is 4.78. The average molecular weight is 244 g/mol. The van der Waals surface area contributed by atoms with Crippen LogP contribution in [0.4, 0.5) is 13.2 Å². The highest BCUT2D eigenvalue weighted by atomic mass is 19.4. The lowest BCUT2D eigenvalue weighted by molar-refractivity contribution is -0.137. The van der Waals surface area contributed by atoms with Crippen LogP contribution in [-0.2, 0) is 15.7 Å². The molecule has 0 amide bonds. The van der Waals surface area contributed by atoms with Crippen molar-refractivity contribution in [2.45, 2.75) is 13.1 Å². The van der Waals surface area contributed by atoms with E-state index in [-0.39, 0.29) is 0 Å². The van der Waals surface area contributed by atoms with Crippen LogP contribution in [0, 0.1) is 0 Å². The van der Waals surface area contributed by atoms with E-state index in [2.05, 4.69) is 4.74 Å². The van der Waals surface area contributed by atoms with Crippen LogP contribution in [0.15, 0.2) is 30.3 Å². The number of rotatable bonds is 2. The molecular formula is C12H11F3O2. The Hall–Kier alpha value is -1.78. The lowest BCUT2D eigenvalue weighted by Gasteiger charge is -2.08. The first-order valence-corrected chi connectivity index (χ1v) is 4.78. The number of methoxy groups -OCH3 is 1. The molecule has 0 atom stereocenters. The lowest BCUT2D eigenvalue weighted by atomic mass is 10.0. The van der Waals surface area contributed by atoms with Gasteiger partial charge in [0.25, 0.3) is 0 Å². The molecule has 0 heterocycles. The zero-order valence-electron chi connectivity index (χ0n) is 9.34. The third-order valence-electron chi connectivity index (χ3n) is 2.18. The number of esters is 1. The molecule has 0 aliphatic carbocycles. The van der Waals surface area contributed by atoms with Crippen LogP contribution in [0.2, 0.25) is 0 Å². The fourth-order valence-electron chi connectivity index (χ4n) is 1.26. The number of allylic oxidation sites excluding steroid dienone is 1. The zero-order chi connectivity index (χ0) is 13.1. The van der Waals surface area contributed by atoms with Crippen LogP contribution in [0.5, 0.6) is 0 Å². The number of carbonyl (C=O) groups excluding carboxylic acids is 1. The lowest BCUT2D eigenvalue weighted by Crippen LogP contribution is -2.05. The van der Waals surface area contributed by atoms with Gasteiger partial charge in [-0.05, 0) is 30.2 Å². The van der Waals surface area contributed by atoms with Crippen LogP contribution in [0.3, 0.4) is 0 Å². The van der Waals surface area contributed by atoms with E-state index in [4.69, 9.17) is 0 Å². The van der Waals surface area contributed by atoms with Gasteiger partial charge in [-0.25, -0.2) is 4.79 Å². The first kappa shape index (κ1) is 13.3. The van der Waals surface area contributed by atoms with Gasteiger partial charge in [0, 0.05) is 6.08 Å². The van der Waals surface area contributed by atoms with Crippen LogP contribution < -0.4 is 0 Å². The number of alkyl halides is 3. The first-order chi connectivity index (χ1) is 7.84. The molecule has 0 spiro atoms. The molecule has 0 saturated heterocycles. The molecule has 0 bridgehead atoms. The SMILES string of the molecule is COC(=O)C=C(C)c1cccc(C(F)(F)F)c1. The molecule has 0 saturated carbocycles. The Morgan fingerprint density at radius 3 is 2.53 bits per heavy atom. The molecular weight excluding hydrogens is 233 g/mol. The van der Waals surface area contributed by atoms with Gasteiger partial charge in [0.05, 0.1) is 12.7 Å². The summed E-state index contributed by atoms with van der Waals surface area (Å²) in [5.41, 5.74) is 0.0146. The Balaban J connectivity index is 3.08. The maximum absolute atomic E-state index is 12.4. The minimum Gasteiger partial charge on any atom is -0.466 e. The van der Waals surface area contributed by atoms with Crippen molar-refractivity contribution in [3.05, 3.63) is 41.5 Å². The number of ether oxygens (including phenoxy) is 1. The van der Waals surface area contributed by atoms with Gasteiger partial charge in [0.1, 0.15) is 0 Å². The fourth-order valence-corrected chi connectivity index (χ4v) is 1.26. The van der Waals surface area contributed by atoms with Crippen LogP contribution >= 0.6 is 0 Å². The molecule has 1 aromatic carbocycles. The van der Waals surface area contributed by atoms with Crippen molar-refractivity contribution in [2.75, 3.05) is 7.11 Å². The molecule has 0 aromatic heterocycles. The van der Waals surface area contributed by atoms with Gasteiger partial charge >= 0.3 is 12.1 Å². The van der Waals surface area contributed by atoms with Gasteiger partial charge in [-0.15, -0.1) is 0 Å². The third kappa shape index (κ3) is 3.62. The Morgan fingerprint density at radius 1 is 1.35 bits per heavy atom. The van der Waals surface area contributed by atoms with Crippen LogP contribution in [0.1, 0.15) is 18.1 Å². The van der Waals surface area contributed by atoms with E-state index in [1.807, 2.05) is 0 Å². The summed E-state index contributed by atoms with van der Waals surface area (Å²) in [6.07, 6.45) is -3.24. The van der Waals surface area contributed by atoms with Gasteiger partial charge in [0.2, 0.25) is 0 Å². The highest BCUT2D eigenvalue weighted by Crippen LogP contribution is 2.30. The summed E-state index contributed by atoms with van der Waals surface area (Å²) in [5, 5.41) is 0. The van der Waals surface area contributed by atoms with E-state index < -0.39 is 17.7 Å². The second-order valence-electron chi connectivity index (χ2n) is 3.43. The van der Waals surface area contributed by atoms with Crippen molar-refractivity contribution in [3.63, 3.8) is 0 Å². The Bertz CT molecular complexity index is 447. The van der Waals surface area contributed by atoms with Crippen molar-refractivity contribution < 1.29 is 22.7 Å². The summed E-state index contributed by atoms with van der Waals surface area (Å²) in [7, 11) is 1.21. The second kappa shape index (κ2) is 5.03. The molecule has 2 nitrogen and oxygen atoms in total. The Kier molecular flexibility index (Phi) is 3.93. The third-order valence-corrected chi connectivity index (χ3v) is 2.18. The standard InChI is InChI=1S/C12H11F3O2/c1-8(6-11(16)17-2)9-4-3-5-10(7-9)12(13,14)15/h3-7H,1-2H3. The van der Waals surface area contributed by atoms with Gasteiger partial charge < -0.3 is 4.74 Å². The van der Waals surface area contributed by atoms with E-state index in [9.17, 15) is 18.0 Å². The summed E-state index contributed by atoms with van der Waals surface area (Å²) in [4.78, 5) is 11.0. The van der Waals surface area contributed by atoms with Crippen molar-refractivity contribution in [3.8, 4) is 0 Å². The quantitative estimate of drug-likeness (QED) is 0.589. The van der Waals surface area contributed by atoms with E-state index in [1.165, 1.54) is 19.2 Å². The predicted molar refractivity (Wildman–Crippen MR) is 57.1 cm³/mol. The number of halogens is 3. The van der Waals surface area contributed by atoms with Crippen LogP contribution in [0.25, 0.3) is 5.57 Å². The minimum absolute atomic E-state index is 0.338. The Morgan fingerprint density at radius 2 is 2.00 bits per heavy atom. The molecule has 0 fully saturated rings. The highest BCUT2D eigenvalue weighted by Gasteiger charge is 2.30. The molecule has 1 aromatic rings. The van der Waals surface area contributed by atoms with Gasteiger partial charge in [-0.2, -0.15) is 13.2 Å². The molecule has 0 aliphatic heterocycles. The largest absolute Gasteiger partial charge is 0.466 e. The maximum atomic E-state index is 12.4. The van der Waals surface area contributed by atoms with Crippen molar-refractivity contribution in [1.29, 1.82) is 0 Å². The summed E-state index contributed by atoms with van der Waals surface area (Å²) < 4.78 is 41.7. The normalized spacial score (nSPS) is 12.4. The van der Waals surface area contributed by atoms with E-state index in [0.29, 0.717) is 11.1 Å². The fraction of sp³-hybridized carbons (Fsp3) is 0.250. The first-order valence-electron chi connectivity index (χ1n) is 4.78.